The van der Waals surface area contributed by atoms with E-state index in [1.54, 1.807) is 18.2 Å². The molecule has 0 bridgehead atoms. The van der Waals surface area contributed by atoms with E-state index in [2.05, 4.69) is 21.2 Å². The van der Waals surface area contributed by atoms with Gasteiger partial charge in [-0.15, -0.1) is 0 Å². The van der Waals surface area contributed by atoms with Crippen molar-refractivity contribution >= 4 is 21.8 Å². The Bertz CT molecular complexity index is 525. The molecule has 1 amide bonds. The average Bonchev–Trinajstić information content (AvgIpc) is 2.43. The molecule has 0 heterocycles. The standard InChI is InChI=1S/C13H17BrN2O5/c1-8(17)15-12(13(2,14)16(18)19)9-5-10(20-3)7-11(6-9)21-4/h5-7,12H,1-4H3,(H,15,17). The Balaban J connectivity index is 3.38. The predicted molar refractivity (Wildman–Crippen MR) is 80.4 cm³/mol. The zero-order valence-electron chi connectivity index (χ0n) is 12.2. The van der Waals surface area contributed by atoms with Crippen molar-refractivity contribution in [2.45, 2.75) is 24.3 Å². The summed E-state index contributed by atoms with van der Waals surface area (Å²) in [6.07, 6.45) is 0. The molecular weight excluding hydrogens is 344 g/mol. The zero-order valence-corrected chi connectivity index (χ0v) is 13.8. The van der Waals surface area contributed by atoms with Gasteiger partial charge in [0.2, 0.25) is 5.91 Å². The monoisotopic (exact) mass is 360 g/mol. The fraction of sp³-hybridized carbons (Fsp3) is 0.462. The molecular formula is C13H17BrN2O5. The summed E-state index contributed by atoms with van der Waals surface area (Å²) in [6, 6.07) is 3.98. The molecule has 7 nitrogen and oxygen atoms in total. The van der Waals surface area contributed by atoms with E-state index < -0.39 is 15.4 Å². The lowest BCUT2D eigenvalue weighted by molar-refractivity contribution is -0.536. The second-order valence-electron chi connectivity index (χ2n) is 4.56. The second kappa shape index (κ2) is 6.75. The van der Waals surface area contributed by atoms with Gasteiger partial charge in [-0.25, -0.2) is 0 Å². The first-order chi connectivity index (χ1) is 9.72. The van der Waals surface area contributed by atoms with Crippen LogP contribution in [0.3, 0.4) is 0 Å². The number of nitrogens with zero attached hydrogens (tertiary/aromatic N) is 1. The number of benzene rings is 1. The lowest BCUT2D eigenvalue weighted by atomic mass is 9.99. The number of methoxy groups -OCH3 is 2. The lowest BCUT2D eigenvalue weighted by Gasteiger charge is -2.26. The number of hydrogen-bond acceptors (Lipinski definition) is 5. The molecule has 21 heavy (non-hydrogen) atoms. The van der Waals surface area contributed by atoms with E-state index in [0.29, 0.717) is 17.1 Å². The van der Waals surface area contributed by atoms with Gasteiger partial charge in [0.1, 0.15) is 17.5 Å². The first kappa shape index (κ1) is 17.2. The minimum absolute atomic E-state index is 0.380. The van der Waals surface area contributed by atoms with Crippen LogP contribution in [0, 0.1) is 10.1 Å². The van der Waals surface area contributed by atoms with Gasteiger partial charge in [0.25, 0.3) is 4.45 Å². The fourth-order valence-electron chi connectivity index (χ4n) is 1.82. The maximum absolute atomic E-state index is 11.4. The SMILES string of the molecule is COc1cc(OC)cc(C(NC(C)=O)C(C)(Br)[N+](=O)[O-])c1. The van der Waals surface area contributed by atoms with Crippen molar-refractivity contribution in [3.63, 3.8) is 0 Å². The second-order valence-corrected chi connectivity index (χ2v) is 6.17. The molecule has 0 saturated heterocycles. The van der Waals surface area contributed by atoms with Gasteiger partial charge in [-0.3, -0.25) is 14.9 Å². The smallest absolute Gasteiger partial charge is 0.295 e. The largest absolute Gasteiger partial charge is 0.497 e. The van der Waals surface area contributed by atoms with Gasteiger partial charge >= 0.3 is 0 Å². The zero-order chi connectivity index (χ0) is 16.2. The molecule has 2 atom stereocenters. The van der Waals surface area contributed by atoms with Crippen LogP contribution in [0.25, 0.3) is 0 Å². The number of rotatable bonds is 6. The van der Waals surface area contributed by atoms with E-state index in [9.17, 15) is 14.9 Å². The number of hydrogen-bond donors (Lipinski definition) is 1. The van der Waals surface area contributed by atoms with Gasteiger partial charge in [0, 0.05) is 40.8 Å². The highest BCUT2D eigenvalue weighted by atomic mass is 79.9. The molecule has 0 spiro atoms. The third-order valence-corrected chi connectivity index (χ3v) is 3.69. The van der Waals surface area contributed by atoms with Gasteiger partial charge in [-0.1, -0.05) is 0 Å². The van der Waals surface area contributed by atoms with Crippen LogP contribution in [0.1, 0.15) is 25.5 Å². The molecule has 8 heteroatoms. The van der Waals surface area contributed by atoms with Crippen LogP contribution in [-0.4, -0.2) is 29.5 Å². The Morgan fingerprint density at radius 2 is 1.81 bits per heavy atom. The van der Waals surface area contributed by atoms with E-state index in [-0.39, 0.29) is 5.91 Å². The van der Waals surface area contributed by atoms with Crippen LogP contribution < -0.4 is 14.8 Å². The molecule has 0 radical (unpaired) electrons. The summed E-state index contributed by atoms with van der Waals surface area (Å²) >= 11 is 3.08. The molecule has 1 aromatic carbocycles. The molecule has 2 unspecified atom stereocenters. The topological polar surface area (TPSA) is 90.7 Å². The summed E-state index contributed by atoms with van der Waals surface area (Å²) in [7, 11) is 2.96. The van der Waals surface area contributed by atoms with Gasteiger partial charge in [0.05, 0.1) is 14.2 Å². The highest BCUT2D eigenvalue weighted by molar-refractivity contribution is 9.10. The first-order valence-electron chi connectivity index (χ1n) is 6.05. The Morgan fingerprint density at radius 1 is 1.33 bits per heavy atom. The number of halogens is 1. The van der Waals surface area contributed by atoms with E-state index in [1.165, 1.54) is 28.1 Å². The van der Waals surface area contributed by atoms with Crippen LogP contribution >= 0.6 is 15.9 Å². The summed E-state index contributed by atoms with van der Waals surface area (Å²) in [6.45, 7) is 2.67. The summed E-state index contributed by atoms with van der Waals surface area (Å²) in [5.41, 5.74) is 0.498. The number of nitro groups is 1. The third-order valence-electron chi connectivity index (χ3n) is 2.94. The van der Waals surface area contributed by atoms with Crippen molar-refractivity contribution in [1.29, 1.82) is 0 Å². The maximum Gasteiger partial charge on any atom is 0.295 e. The molecule has 0 aliphatic heterocycles. The molecule has 0 aromatic heterocycles. The molecule has 1 N–H and O–H groups in total. The number of alkyl halides is 1. The van der Waals surface area contributed by atoms with Gasteiger partial charge in [0.15, 0.2) is 0 Å². The molecule has 0 fully saturated rings. The van der Waals surface area contributed by atoms with Crippen molar-refractivity contribution in [3.05, 3.63) is 33.9 Å². The molecule has 0 saturated carbocycles. The van der Waals surface area contributed by atoms with Crippen molar-refractivity contribution < 1.29 is 19.2 Å². The highest BCUT2D eigenvalue weighted by Crippen LogP contribution is 2.37. The average molecular weight is 361 g/mol. The Labute approximate surface area is 130 Å². The maximum atomic E-state index is 11.4. The molecule has 116 valence electrons. The third kappa shape index (κ3) is 4.07. The summed E-state index contributed by atoms with van der Waals surface area (Å²) < 4.78 is 8.72. The van der Waals surface area contributed by atoms with Crippen LogP contribution in [0.15, 0.2) is 18.2 Å². The van der Waals surface area contributed by atoms with Gasteiger partial charge < -0.3 is 14.8 Å². The lowest BCUT2D eigenvalue weighted by Crippen LogP contribution is -2.44. The van der Waals surface area contributed by atoms with E-state index >= 15 is 0 Å². The predicted octanol–water partition coefficient (Wildman–Crippen LogP) is 2.27. The van der Waals surface area contributed by atoms with Crippen molar-refractivity contribution in [2.75, 3.05) is 14.2 Å². The van der Waals surface area contributed by atoms with Crippen LogP contribution in [0.4, 0.5) is 0 Å². The van der Waals surface area contributed by atoms with E-state index in [4.69, 9.17) is 9.47 Å². The quantitative estimate of drug-likeness (QED) is 0.363. The molecule has 0 aliphatic rings. The number of amides is 1. The van der Waals surface area contributed by atoms with E-state index in [1.807, 2.05) is 0 Å². The van der Waals surface area contributed by atoms with Crippen molar-refractivity contribution in [2.24, 2.45) is 0 Å². The van der Waals surface area contributed by atoms with Crippen LogP contribution in [-0.2, 0) is 4.79 Å². The Hall–Kier alpha value is -1.83. The van der Waals surface area contributed by atoms with E-state index in [0.717, 1.165) is 0 Å². The van der Waals surface area contributed by atoms with Gasteiger partial charge in [-0.2, -0.15) is 0 Å². The normalized spacial score (nSPS) is 14.7. The minimum atomic E-state index is -1.57. The molecule has 1 rings (SSSR count). The molecule has 1 aromatic rings. The number of nitrogens with one attached hydrogen (secondary N) is 1. The Kier molecular flexibility index (Phi) is 5.54. The first-order valence-corrected chi connectivity index (χ1v) is 6.85. The summed E-state index contributed by atoms with van der Waals surface area (Å²) in [4.78, 5) is 22.2. The number of carbonyl (C=O) groups excluding carboxylic acids is 1. The number of ether oxygens (including phenoxy) is 2. The molecule has 0 aliphatic carbocycles. The summed E-state index contributed by atoms with van der Waals surface area (Å²) in [5, 5.41) is 13.9. The van der Waals surface area contributed by atoms with Crippen LogP contribution in [0.2, 0.25) is 0 Å². The summed E-state index contributed by atoms with van der Waals surface area (Å²) in [5.74, 6) is 0.576. The van der Waals surface area contributed by atoms with Crippen molar-refractivity contribution in [1.82, 2.24) is 5.32 Å². The van der Waals surface area contributed by atoms with Crippen molar-refractivity contribution in [3.8, 4) is 11.5 Å². The van der Waals surface area contributed by atoms with Crippen LogP contribution in [0.5, 0.6) is 11.5 Å². The number of carbonyl (C=O) groups is 1. The Morgan fingerprint density at radius 3 is 2.14 bits per heavy atom. The minimum Gasteiger partial charge on any atom is -0.497 e. The highest BCUT2D eigenvalue weighted by Gasteiger charge is 2.45. The fourth-order valence-corrected chi connectivity index (χ4v) is 2.20. The van der Waals surface area contributed by atoms with Gasteiger partial charge in [-0.05, 0) is 17.7 Å².